The lowest BCUT2D eigenvalue weighted by atomic mass is 9.74. The maximum Gasteiger partial charge on any atom is 0.191 e. The normalized spacial score (nSPS) is 16.2. The van der Waals surface area contributed by atoms with Crippen molar-refractivity contribution in [3.63, 3.8) is 0 Å². The highest BCUT2D eigenvalue weighted by Gasteiger charge is 2.34. The average Bonchev–Trinajstić information content (AvgIpc) is 2.78. The number of halogens is 1. The topological polar surface area (TPSA) is 54.9 Å². The van der Waals surface area contributed by atoms with Gasteiger partial charge in [-0.15, -0.1) is 0 Å². The van der Waals surface area contributed by atoms with Crippen molar-refractivity contribution in [2.75, 3.05) is 32.9 Å². The zero-order valence-corrected chi connectivity index (χ0v) is 17.9. The number of nitrogens with one attached hydrogen (secondary N) is 2. The highest BCUT2D eigenvalue weighted by molar-refractivity contribution is 5.80. The Morgan fingerprint density at radius 3 is 2.50 bits per heavy atom. The summed E-state index contributed by atoms with van der Waals surface area (Å²) in [5, 5.41) is 6.84. The van der Waals surface area contributed by atoms with Gasteiger partial charge in [-0.05, 0) is 50.5 Å². The van der Waals surface area contributed by atoms with E-state index in [-0.39, 0.29) is 11.2 Å². The summed E-state index contributed by atoms with van der Waals surface area (Å²) in [6.07, 6.45) is 1.77. The van der Waals surface area contributed by atoms with Gasteiger partial charge in [0.05, 0.1) is 13.2 Å². The molecule has 0 atom stereocenters. The fourth-order valence-corrected chi connectivity index (χ4v) is 3.82. The molecule has 1 aliphatic rings. The van der Waals surface area contributed by atoms with Crippen LogP contribution in [-0.4, -0.2) is 38.9 Å². The SMILES string of the molecule is CCNC(=NCc1ccccc1OCC)NCC1(c2ccc(F)cc2)CCOCC1. The molecule has 3 rings (SSSR count). The second-order valence-corrected chi connectivity index (χ2v) is 7.49. The van der Waals surface area contributed by atoms with Gasteiger partial charge < -0.3 is 20.1 Å². The monoisotopic (exact) mass is 413 g/mol. The van der Waals surface area contributed by atoms with Crippen molar-refractivity contribution in [3.8, 4) is 5.75 Å². The van der Waals surface area contributed by atoms with E-state index in [4.69, 9.17) is 14.5 Å². The van der Waals surface area contributed by atoms with Crippen LogP contribution in [0, 0.1) is 5.82 Å². The van der Waals surface area contributed by atoms with Crippen molar-refractivity contribution in [1.82, 2.24) is 10.6 Å². The first-order chi connectivity index (χ1) is 14.7. The Morgan fingerprint density at radius 1 is 1.07 bits per heavy atom. The third-order valence-corrected chi connectivity index (χ3v) is 5.52. The van der Waals surface area contributed by atoms with Crippen LogP contribution in [0.25, 0.3) is 0 Å². The van der Waals surface area contributed by atoms with Crippen molar-refractivity contribution >= 4 is 5.96 Å². The number of rotatable bonds is 8. The van der Waals surface area contributed by atoms with Crippen LogP contribution < -0.4 is 15.4 Å². The Bertz CT molecular complexity index is 817. The number of benzene rings is 2. The molecule has 2 aromatic rings. The van der Waals surface area contributed by atoms with Crippen LogP contribution in [0.1, 0.15) is 37.8 Å². The molecule has 0 saturated carbocycles. The molecule has 2 aromatic carbocycles. The lowest BCUT2D eigenvalue weighted by Crippen LogP contribution is -2.48. The summed E-state index contributed by atoms with van der Waals surface area (Å²) in [5.74, 6) is 1.42. The van der Waals surface area contributed by atoms with Gasteiger partial charge in [0.2, 0.25) is 0 Å². The second-order valence-electron chi connectivity index (χ2n) is 7.49. The number of ether oxygens (including phenoxy) is 2. The maximum atomic E-state index is 13.5. The summed E-state index contributed by atoms with van der Waals surface area (Å²) >= 11 is 0. The Labute approximate surface area is 178 Å². The quantitative estimate of drug-likeness (QED) is 0.507. The minimum absolute atomic E-state index is 0.106. The van der Waals surface area contributed by atoms with E-state index in [2.05, 4.69) is 17.6 Å². The summed E-state index contributed by atoms with van der Waals surface area (Å²) in [6, 6.07) is 14.8. The van der Waals surface area contributed by atoms with Gasteiger partial charge in [0.15, 0.2) is 5.96 Å². The first-order valence-corrected chi connectivity index (χ1v) is 10.7. The van der Waals surface area contributed by atoms with Gasteiger partial charge >= 0.3 is 0 Å². The van der Waals surface area contributed by atoms with Crippen molar-refractivity contribution in [1.29, 1.82) is 0 Å². The van der Waals surface area contributed by atoms with Crippen molar-refractivity contribution in [2.24, 2.45) is 4.99 Å². The third-order valence-electron chi connectivity index (χ3n) is 5.52. The van der Waals surface area contributed by atoms with Gasteiger partial charge in [-0.3, -0.25) is 0 Å². The van der Waals surface area contributed by atoms with Crippen molar-refractivity contribution < 1.29 is 13.9 Å². The molecule has 0 aliphatic carbocycles. The first kappa shape index (κ1) is 22.1. The van der Waals surface area contributed by atoms with Gasteiger partial charge in [0.25, 0.3) is 0 Å². The molecule has 1 saturated heterocycles. The molecule has 0 radical (unpaired) electrons. The van der Waals surface area contributed by atoms with Crippen LogP contribution in [0.2, 0.25) is 0 Å². The Hall–Kier alpha value is -2.60. The van der Waals surface area contributed by atoms with Crippen molar-refractivity contribution in [2.45, 2.75) is 38.6 Å². The molecule has 1 heterocycles. The molecule has 0 unspecified atom stereocenters. The van der Waals surface area contributed by atoms with E-state index in [0.717, 1.165) is 42.2 Å². The third kappa shape index (κ3) is 5.72. The van der Waals surface area contributed by atoms with E-state index in [1.54, 1.807) is 0 Å². The fraction of sp³-hybridized carbons (Fsp3) is 0.458. The largest absolute Gasteiger partial charge is 0.494 e. The summed E-state index contributed by atoms with van der Waals surface area (Å²) < 4.78 is 24.8. The predicted octanol–water partition coefficient (Wildman–Crippen LogP) is 4.03. The Morgan fingerprint density at radius 2 is 1.80 bits per heavy atom. The van der Waals surface area contributed by atoms with E-state index < -0.39 is 0 Å². The van der Waals surface area contributed by atoms with Gasteiger partial charge in [0.1, 0.15) is 11.6 Å². The fourth-order valence-electron chi connectivity index (χ4n) is 3.82. The summed E-state index contributed by atoms with van der Waals surface area (Å²) in [7, 11) is 0. The smallest absolute Gasteiger partial charge is 0.191 e. The first-order valence-electron chi connectivity index (χ1n) is 10.7. The van der Waals surface area contributed by atoms with E-state index >= 15 is 0 Å². The van der Waals surface area contributed by atoms with Crippen LogP contribution in [0.15, 0.2) is 53.5 Å². The number of hydrogen-bond donors (Lipinski definition) is 2. The minimum atomic E-state index is -0.211. The molecule has 1 fully saturated rings. The van der Waals surface area contributed by atoms with Crippen LogP contribution in [0.3, 0.4) is 0 Å². The van der Waals surface area contributed by atoms with Gasteiger partial charge in [-0.2, -0.15) is 0 Å². The van der Waals surface area contributed by atoms with Crippen LogP contribution in [0.5, 0.6) is 5.75 Å². The van der Waals surface area contributed by atoms with E-state index in [1.165, 1.54) is 12.1 Å². The molecule has 0 aromatic heterocycles. The molecule has 30 heavy (non-hydrogen) atoms. The molecule has 6 heteroatoms. The van der Waals surface area contributed by atoms with E-state index in [0.29, 0.717) is 32.9 Å². The van der Waals surface area contributed by atoms with E-state index in [9.17, 15) is 4.39 Å². The van der Waals surface area contributed by atoms with Gasteiger partial charge in [0, 0.05) is 37.3 Å². The summed E-state index contributed by atoms with van der Waals surface area (Å²) in [6.45, 7) is 8.07. The summed E-state index contributed by atoms with van der Waals surface area (Å²) in [4.78, 5) is 4.77. The molecule has 162 valence electrons. The predicted molar refractivity (Wildman–Crippen MR) is 119 cm³/mol. The van der Waals surface area contributed by atoms with Crippen LogP contribution in [0.4, 0.5) is 4.39 Å². The lowest BCUT2D eigenvalue weighted by Gasteiger charge is -2.38. The standard InChI is InChI=1S/C24H32FN3O2/c1-3-26-23(27-17-19-7-5-6-8-22(19)30-4-2)28-18-24(13-15-29-16-14-24)20-9-11-21(25)12-10-20/h5-12H,3-4,13-18H2,1-2H3,(H2,26,27,28). The Kier molecular flexibility index (Phi) is 8.08. The lowest BCUT2D eigenvalue weighted by molar-refractivity contribution is 0.0513. The molecule has 0 spiro atoms. The molecule has 5 nitrogen and oxygen atoms in total. The molecular weight excluding hydrogens is 381 g/mol. The summed E-state index contributed by atoms with van der Waals surface area (Å²) in [5.41, 5.74) is 2.08. The van der Waals surface area contributed by atoms with Crippen LogP contribution in [-0.2, 0) is 16.7 Å². The van der Waals surface area contributed by atoms with E-state index in [1.807, 2.05) is 43.3 Å². The number of aliphatic imine (C=N–C) groups is 1. The number of guanidine groups is 1. The Balaban J connectivity index is 1.74. The second kappa shape index (κ2) is 11.0. The van der Waals surface area contributed by atoms with Crippen LogP contribution >= 0.6 is 0 Å². The van der Waals surface area contributed by atoms with Gasteiger partial charge in [-0.25, -0.2) is 9.38 Å². The zero-order valence-electron chi connectivity index (χ0n) is 17.9. The number of para-hydroxylation sites is 1. The minimum Gasteiger partial charge on any atom is -0.494 e. The highest BCUT2D eigenvalue weighted by Crippen LogP contribution is 2.34. The molecule has 1 aliphatic heterocycles. The number of nitrogens with zero attached hydrogens (tertiary/aromatic N) is 1. The molecule has 0 amide bonds. The maximum absolute atomic E-state index is 13.5. The zero-order chi connectivity index (χ0) is 21.2. The number of hydrogen-bond acceptors (Lipinski definition) is 3. The molecular formula is C24H32FN3O2. The van der Waals surface area contributed by atoms with Crippen molar-refractivity contribution in [3.05, 3.63) is 65.5 Å². The molecule has 2 N–H and O–H groups in total. The highest BCUT2D eigenvalue weighted by atomic mass is 19.1. The van der Waals surface area contributed by atoms with Gasteiger partial charge in [-0.1, -0.05) is 30.3 Å². The molecule has 0 bridgehead atoms. The average molecular weight is 414 g/mol.